The van der Waals surface area contributed by atoms with E-state index in [9.17, 15) is 9.59 Å². The van der Waals surface area contributed by atoms with Crippen LogP contribution in [0.25, 0.3) is 11.1 Å². The first-order valence-corrected chi connectivity index (χ1v) is 9.71. The second kappa shape index (κ2) is 7.47. The molecule has 2 N–H and O–H groups in total. The Morgan fingerprint density at radius 2 is 2.15 bits per heavy atom. The normalized spacial score (nSPS) is 16.2. The number of fused-ring (bicyclic) bond motifs is 1. The van der Waals surface area contributed by atoms with Gasteiger partial charge in [0, 0.05) is 16.6 Å². The first kappa shape index (κ1) is 17.1. The molecule has 1 aliphatic rings. The van der Waals surface area contributed by atoms with Gasteiger partial charge in [0.15, 0.2) is 5.58 Å². The van der Waals surface area contributed by atoms with Gasteiger partial charge in [0.2, 0.25) is 5.91 Å². The van der Waals surface area contributed by atoms with Crippen molar-refractivity contribution in [1.29, 1.82) is 0 Å². The Bertz CT molecular complexity index is 937. The Balaban J connectivity index is 1.27. The summed E-state index contributed by atoms with van der Waals surface area (Å²) in [6, 6.07) is 9.46. The van der Waals surface area contributed by atoms with E-state index in [0.29, 0.717) is 29.2 Å². The molecule has 4 rings (SSSR count). The van der Waals surface area contributed by atoms with Gasteiger partial charge in [-0.2, -0.15) is 0 Å². The molecule has 0 aliphatic carbocycles. The minimum Gasteiger partial charge on any atom is -0.408 e. The highest BCUT2D eigenvalue weighted by Gasteiger charge is 2.21. The lowest BCUT2D eigenvalue weighted by Gasteiger charge is -2.31. The first-order chi connectivity index (χ1) is 12.7. The maximum Gasteiger partial charge on any atom is 0.417 e. The summed E-state index contributed by atoms with van der Waals surface area (Å²) in [5.41, 5.74) is 1.71. The lowest BCUT2D eigenvalue weighted by atomic mass is 9.93. The summed E-state index contributed by atoms with van der Waals surface area (Å²) in [7, 11) is 0. The molecule has 136 valence electrons. The number of likely N-dealkylation sites (tertiary alicyclic amines) is 1. The molecule has 3 aromatic rings. The quantitative estimate of drug-likeness (QED) is 0.722. The average molecular weight is 371 g/mol. The molecule has 0 spiro atoms. The van der Waals surface area contributed by atoms with Crippen molar-refractivity contribution < 1.29 is 9.21 Å². The van der Waals surface area contributed by atoms with Gasteiger partial charge in [0.05, 0.1) is 12.1 Å². The molecule has 7 heteroatoms. The number of thiophene rings is 1. The van der Waals surface area contributed by atoms with E-state index in [2.05, 4.69) is 32.7 Å². The van der Waals surface area contributed by atoms with Gasteiger partial charge in [0.25, 0.3) is 0 Å². The molecular formula is C19H21N3O3S. The summed E-state index contributed by atoms with van der Waals surface area (Å²) in [6.45, 7) is 2.30. The third kappa shape index (κ3) is 4.05. The van der Waals surface area contributed by atoms with E-state index in [-0.39, 0.29) is 5.91 Å². The van der Waals surface area contributed by atoms with Crippen LogP contribution in [-0.2, 0) is 11.2 Å². The molecule has 0 saturated carbocycles. The number of hydrogen-bond acceptors (Lipinski definition) is 5. The summed E-state index contributed by atoms with van der Waals surface area (Å²) in [5.74, 6) is 0.180. The number of aromatic amines is 1. The Kier molecular flexibility index (Phi) is 4.90. The Labute approximate surface area is 154 Å². The van der Waals surface area contributed by atoms with Crippen molar-refractivity contribution in [1.82, 2.24) is 9.88 Å². The predicted molar refractivity (Wildman–Crippen MR) is 103 cm³/mol. The fourth-order valence-corrected chi connectivity index (χ4v) is 4.31. The lowest BCUT2D eigenvalue weighted by Crippen LogP contribution is -2.39. The third-order valence-electron chi connectivity index (χ3n) is 4.85. The van der Waals surface area contributed by atoms with E-state index in [0.717, 1.165) is 32.4 Å². The van der Waals surface area contributed by atoms with Crippen LogP contribution in [0.15, 0.2) is 44.9 Å². The lowest BCUT2D eigenvalue weighted by molar-refractivity contribution is -0.117. The number of hydrogen-bond donors (Lipinski definition) is 2. The molecular weight excluding hydrogens is 350 g/mol. The van der Waals surface area contributed by atoms with Crippen LogP contribution < -0.4 is 11.1 Å². The van der Waals surface area contributed by atoms with E-state index in [1.165, 1.54) is 4.88 Å². The van der Waals surface area contributed by atoms with Gasteiger partial charge in [-0.1, -0.05) is 6.07 Å². The van der Waals surface area contributed by atoms with Crippen LogP contribution in [0.4, 0.5) is 5.69 Å². The number of carbonyl (C=O) groups is 1. The van der Waals surface area contributed by atoms with E-state index in [1.54, 1.807) is 18.2 Å². The number of amides is 1. The Hall–Kier alpha value is -2.38. The molecule has 0 radical (unpaired) electrons. The molecule has 1 fully saturated rings. The topological polar surface area (TPSA) is 78.3 Å². The van der Waals surface area contributed by atoms with E-state index in [1.807, 2.05) is 11.3 Å². The van der Waals surface area contributed by atoms with Crippen molar-refractivity contribution in [3.8, 4) is 0 Å². The number of benzene rings is 1. The summed E-state index contributed by atoms with van der Waals surface area (Å²) in [6.07, 6.45) is 3.41. The average Bonchev–Trinajstić information content (AvgIpc) is 3.24. The Morgan fingerprint density at radius 1 is 1.31 bits per heavy atom. The van der Waals surface area contributed by atoms with Crippen LogP contribution in [0.1, 0.15) is 17.7 Å². The van der Waals surface area contributed by atoms with E-state index >= 15 is 0 Å². The molecule has 1 amide bonds. The number of nitrogens with zero attached hydrogens (tertiary/aromatic N) is 1. The van der Waals surface area contributed by atoms with Crippen LogP contribution >= 0.6 is 11.3 Å². The number of H-pyrrole nitrogens is 1. The first-order valence-electron chi connectivity index (χ1n) is 8.83. The van der Waals surface area contributed by atoms with Gasteiger partial charge in [-0.05, 0) is 61.8 Å². The van der Waals surface area contributed by atoms with Crippen molar-refractivity contribution in [2.24, 2.45) is 5.92 Å². The van der Waals surface area contributed by atoms with Crippen LogP contribution in [-0.4, -0.2) is 35.4 Å². The monoisotopic (exact) mass is 371 g/mol. The summed E-state index contributed by atoms with van der Waals surface area (Å²) in [5, 5.41) is 5.01. The number of carbonyl (C=O) groups excluding carboxylic acids is 1. The van der Waals surface area contributed by atoms with Gasteiger partial charge in [-0.3, -0.25) is 14.7 Å². The van der Waals surface area contributed by atoms with Crippen molar-refractivity contribution >= 4 is 34.0 Å². The van der Waals surface area contributed by atoms with Crippen molar-refractivity contribution in [2.45, 2.75) is 19.3 Å². The summed E-state index contributed by atoms with van der Waals surface area (Å²) >= 11 is 1.82. The van der Waals surface area contributed by atoms with Gasteiger partial charge >= 0.3 is 5.76 Å². The Morgan fingerprint density at radius 3 is 2.92 bits per heavy atom. The molecule has 2 aromatic heterocycles. The maximum atomic E-state index is 12.3. The molecule has 26 heavy (non-hydrogen) atoms. The van der Waals surface area contributed by atoms with Gasteiger partial charge in [-0.25, -0.2) is 4.79 Å². The molecule has 1 saturated heterocycles. The third-order valence-corrected chi connectivity index (χ3v) is 5.75. The highest BCUT2D eigenvalue weighted by molar-refractivity contribution is 7.09. The van der Waals surface area contributed by atoms with Crippen molar-refractivity contribution in [3.63, 3.8) is 0 Å². The minimum atomic E-state index is -0.492. The second-order valence-electron chi connectivity index (χ2n) is 6.78. The molecule has 0 unspecified atom stereocenters. The number of oxazole rings is 1. The molecule has 0 bridgehead atoms. The number of nitrogens with one attached hydrogen (secondary N) is 2. The zero-order valence-corrected chi connectivity index (χ0v) is 15.2. The zero-order chi connectivity index (χ0) is 17.9. The highest BCUT2D eigenvalue weighted by Crippen LogP contribution is 2.24. The van der Waals surface area contributed by atoms with E-state index < -0.39 is 5.76 Å². The zero-order valence-electron chi connectivity index (χ0n) is 14.4. The summed E-state index contributed by atoms with van der Waals surface area (Å²) in [4.78, 5) is 29.7. The van der Waals surface area contributed by atoms with Gasteiger partial charge in [0.1, 0.15) is 0 Å². The van der Waals surface area contributed by atoms with Gasteiger partial charge in [-0.15, -0.1) is 11.3 Å². The largest absolute Gasteiger partial charge is 0.417 e. The fourth-order valence-electron chi connectivity index (χ4n) is 3.49. The highest BCUT2D eigenvalue weighted by atomic mass is 32.1. The molecule has 0 atom stereocenters. The molecule has 1 aromatic carbocycles. The van der Waals surface area contributed by atoms with Crippen molar-refractivity contribution in [2.75, 3.05) is 25.0 Å². The standard InChI is InChI=1S/C19H21N3O3S/c23-18(20-14-3-4-16-17(11-14)25-19(24)21-16)12-22-7-5-13(6-8-22)10-15-2-1-9-26-15/h1-4,9,11,13H,5-8,10,12H2,(H,20,23)(H,21,24). The van der Waals surface area contributed by atoms with Gasteiger partial charge < -0.3 is 9.73 Å². The van der Waals surface area contributed by atoms with Crippen LogP contribution in [0.3, 0.4) is 0 Å². The minimum absolute atomic E-state index is 0.0426. The second-order valence-corrected chi connectivity index (χ2v) is 7.81. The fraction of sp³-hybridized carbons (Fsp3) is 0.368. The van der Waals surface area contributed by atoms with Crippen molar-refractivity contribution in [3.05, 3.63) is 51.1 Å². The number of anilines is 1. The molecule has 1 aliphatic heterocycles. The van der Waals surface area contributed by atoms with Crippen LogP contribution in [0.2, 0.25) is 0 Å². The summed E-state index contributed by atoms with van der Waals surface area (Å²) < 4.78 is 5.02. The number of piperidine rings is 1. The molecule has 3 heterocycles. The number of aromatic nitrogens is 1. The SMILES string of the molecule is O=C(CN1CCC(Cc2cccs2)CC1)Nc1ccc2[nH]c(=O)oc2c1. The predicted octanol–water partition coefficient (Wildman–Crippen LogP) is 3.08. The van der Waals surface area contributed by atoms with Crippen LogP contribution in [0.5, 0.6) is 0 Å². The van der Waals surface area contributed by atoms with Crippen LogP contribution in [0, 0.1) is 5.92 Å². The molecule has 6 nitrogen and oxygen atoms in total. The van der Waals surface area contributed by atoms with E-state index in [4.69, 9.17) is 4.42 Å². The number of rotatable bonds is 5. The maximum absolute atomic E-state index is 12.3. The smallest absolute Gasteiger partial charge is 0.408 e.